The zero-order chi connectivity index (χ0) is 24.7. The Labute approximate surface area is 206 Å². The average molecular weight is 473 g/mol. The number of rotatable bonds is 6. The van der Waals surface area contributed by atoms with Crippen LogP contribution in [0.25, 0.3) is 33.2 Å². The molecule has 0 atom stereocenters. The Morgan fingerprint density at radius 3 is 2.63 bits per heavy atom. The molecular formula is C28H36N6O. The molecule has 1 amide bonds. The number of hydrogen-bond acceptors (Lipinski definition) is 4. The quantitative estimate of drug-likeness (QED) is 0.400. The number of H-pyrrole nitrogens is 2. The number of carbonyl (C=O) groups excluding carboxylic acids is 1. The number of hydrogen-bond donors (Lipinski definition) is 2. The lowest BCUT2D eigenvalue weighted by Crippen LogP contribution is -2.44. The van der Waals surface area contributed by atoms with Gasteiger partial charge < -0.3 is 9.88 Å². The zero-order valence-corrected chi connectivity index (χ0v) is 21.4. The van der Waals surface area contributed by atoms with E-state index in [2.05, 4.69) is 77.0 Å². The molecule has 1 fully saturated rings. The van der Waals surface area contributed by atoms with Gasteiger partial charge in [-0.3, -0.25) is 14.8 Å². The Hall–Kier alpha value is -3.19. The number of piperidine rings is 1. The molecule has 1 saturated heterocycles. The molecule has 7 nitrogen and oxygen atoms in total. The van der Waals surface area contributed by atoms with E-state index in [9.17, 15) is 4.79 Å². The highest BCUT2D eigenvalue weighted by Gasteiger charge is 2.26. The minimum Gasteiger partial charge on any atom is -0.354 e. The fourth-order valence-corrected chi connectivity index (χ4v) is 5.32. The van der Waals surface area contributed by atoms with E-state index in [1.165, 1.54) is 16.5 Å². The Bertz CT molecular complexity index is 1340. The molecule has 0 aliphatic carbocycles. The number of likely N-dealkylation sites (tertiary alicyclic amines) is 1. The first kappa shape index (κ1) is 23.5. The maximum Gasteiger partial charge on any atom is 0.236 e. The van der Waals surface area contributed by atoms with Gasteiger partial charge in [-0.25, -0.2) is 4.98 Å². The SMILES string of the molecule is CC(C)c1c(-c2ccnc3[nH]ncc23)[nH]c2ccc(C3CCN(C(=O)CN(C)C(C)C)CC3)cc12. The average Bonchev–Trinajstić information content (AvgIpc) is 3.48. The third kappa shape index (κ3) is 4.45. The molecule has 1 aliphatic rings. The lowest BCUT2D eigenvalue weighted by Gasteiger charge is -2.34. The number of nitrogens with zero attached hydrogens (tertiary/aromatic N) is 4. The van der Waals surface area contributed by atoms with E-state index in [0.717, 1.165) is 53.7 Å². The lowest BCUT2D eigenvalue weighted by atomic mass is 9.87. The van der Waals surface area contributed by atoms with E-state index in [4.69, 9.17) is 0 Å². The summed E-state index contributed by atoms with van der Waals surface area (Å²) in [5.41, 5.74) is 6.95. The van der Waals surface area contributed by atoms with E-state index in [-0.39, 0.29) is 5.91 Å². The van der Waals surface area contributed by atoms with Crippen LogP contribution in [-0.2, 0) is 4.79 Å². The third-order valence-electron chi connectivity index (χ3n) is 7.65. The van der Waals surface area contributed by atoms with Crippen LogP contribution in [0.4, 0.5) is 0 Å². The Kier molecular flexibility index (Phi) is 6.36. The van der Waals surface area contributed by atoms with Crippen molar-refractivity contribution in [2.75, 3.05) is 26.7 Å². The molecule has 0 spiro atoms. The fraction of sp³-hybridized carbons (Fsp3) is 0.464. The number of benzene rings is 1. The van der Waals surface area contributed by atoms with Gasteiger partial charge in [-0.05, 0) is 74.9 Å². The Morgan fingerprint density at radius 2 is 1.91 bits per heavy atom. The summed E-state index contributed by atoms with van der Waals surface area (Å²) < 4.78 is 0. The van der Waals surface area contributed by atoms with Gasteiger partial charge in [0.2, 0.25) is 5.91 Å². The minimum atomic E-state index is 0.246. The van der Waals surface area contributed by atoms with Gasteiger partial charge in [0.05, 0.1) is 18.4 Å². The zero-order valence-electron chi connectivity index (χ0n) is 21.4. The molecule has 1 aliphatic heterocycles. The second-order valence-corrected chi connectivity index (χ2v) is 10.5. The van der Waals surface area contributed by atoms with E-state index < -0.39 is 0 Å². The van der Waals surface area contributed by atoms with Gasteiger partial charge in [-0.1, -0.05) is 19.9 Å². The van der Waals surface area contributed by atoms with E-state index in [1.54, 1.807) is 0 Å². The molecule has 4 aromatic rings. The molecule has 35 heavy (non-hydrogen) atoms. The smallest absolute Gasteiger partial charge is 0.236 e. The van der Waals surface area contributed by atoms with Gasteiger partial charge in [0.15, 0.2) is 5.65 Å². The lowest BCUT2D eigenvalue weighted by molar-refractivity contribution is -0.133. The van der Waals surface area contributed by atoms with Crippen LogP contribution in [0.3, 0.4) is 0 Å². The first-order valence-electron chi connectivity index (χ1n) is 12.8. The van der Waals surface area contributed by atoms with Crippen molar-refractivity contribution in [2.24, 2.45) is 0 Å². The van der Waals surface area contributed by atoms with Crippen LogP contribution in [0, 0.1) is 0 Å². The van der Waals surface area contributed by atoms with Crippen LogP contribution >= 0.6 is 0 Å². The van der Waals surface area contributed by atoms with Crippen molar-refractivity contribution in [1.29, 1.82) is 0 Å². The molecule has 0 radical (unpaired) electrons. The van der Waals surface area contributed by atoms with Gasteiger partial charge in [0.1, 0.15) is 0 Å². The number of likely N-dealkylation sites (N-methyl/N-ethyl adjacent to an activating group) is 1. The molecule has 1 aromatic carbocycles. The van der Waals surface area contributed by atoms with Gasteiger partial charge in [-0.2, -0.15) is 5.10 Å². The van der Waals surface area contributed by atoms with Gasteiger partial charge >= 0.3 is 0 Å². The first-order chi connectivity index (χ1) is 16.8. The highest BCUT2D eigenvalue weighted by molar-refractivity contribution is 5.98. The van der Waals surface area contributed by atoms with E-state index in [0.29, 0.717) is 24.4 Å². The molecule has 3 aromatic heterocycles. The summed E-state index contributed by atoms with van der Waals surface area (Å²) >= 11 is 0. The number of pyridine rings is 1. The number of aromatic nitrogens is 4. The van der Waals surface area contributed by atoms with Crippen LogP contribution < -0.4 is 0 Å². The second-order valence-electron chi connectivity index (χ2n) is 10.5. The van der Waals surface area contributed by atoms with Crippen molar-refractivity contribution < 1.29 is 4.79 Å². The van der Waals surface area contributed by atoms with Crippen molar-refractivity contribution >= 4 is 27.8 Å². The summed E-state index contributed by atoms with van der Waals surface area (Å²) in [7, 11) is 2.02. The molecular weight excluding hydrogens is 436 g/mol. The van der Waals surface area contributed by atoms with Crippen LogP contribution in [0.1, 0.15) is 63.5 Å². The third-order valence-corrected chi connectivity index (χ3v) is 7.65. The Balaban J connectivity index is 1.41. The van der Waals surface area contributed by atoms with Crippen molar-refractivity contribution in [3.63, 3.8) is 0 Å². The number of carbonyl (C=O) groups is 1. The number of nitrogens with one attached hydrogen (secondary N) is 2. The molecule has 184 valence electrons. The summed E-state index contributed by atoms with van der Waals surface area (Å²) in [6.07, 6.45) is 5.71. The molecule has 7 heteroatoms. The number of fused-ring (bicyclic) bond motifs is 2. The van der Waals surface area contributed by atoms with E-state index in [1.807, 2.05) is 24.3 Å². The predicted molar refractivity (Wildman–Crippen MR) is 142 cm³/mol. The van der Waals surface area contributed by atoms with Crippen molar-refractivity contribution in [2.45, 2.75) is 58.4 Å². The van der Waals surface area contributed by atoms with Gasteiger partial charge in [0.25, 0.3) is 0 Å². The summed E-state index contributed by atoms with van der Waals surface area (Å²) in [5, 5.41) is 9.51. The van der Waals surface area contributed by atoms with Crippen molar-refractivity contribution in [3.05, 3.63) is 47.8 Å². The summed E-state index contributed by atoms with van der Waals surface area (Å²) in [4.78, 5) is 25.0. The molecule has 0 bridgehead atoms. The highest BCUT2D eigenvalue weighted by Crippen LogP contribution is 2.39. The Morgan fingerprint density at radius 1 is 1.14 bits per heavy atom. The van der Waals surface area contributed by atoms with E-state index >= 15 is 0 Å². The van der Waals surface area contributed by atoms with Crippen LogP contribution in [0.5, 0.6) is 0 Å². The molecule has 0 saturated carbocycles. The molecule has 2 N–H and O–H groups in total. The fourth-order valence-electron chi connectivity index (χ4n) is 5.32. The molecule has 0 unspecified atom stereocenters. The van der Waals surface area contributed by atoms with Crippen LogP contribution in [0.2, 0.25) is 0 Å². The highest BCUT2D eigenvalue weighted by atomic mass is 16.2. The first-order valence-corrected chi connectivity index (χ1v) is 12.8. The minimum absolute atomic E-state index is 0.246. The predicted octanol–water partition coefficient (Wildman–Crippen LogP) is 5.28. The van der Waals surface area contributed by atoms with Gasteiger partial charge in [-0.15, -0.1) is 0 Å². The standard InChI is InChI=1S/C28H36N6O/c1-17(2)26-22-14-20(19-9-12-34(13-10-19)25(35)16-33(5)18(3)4)6-7-24(22)31-27(26)21-8-11-29-28-23(21)15-30-32-28/h6-8,11,14-15,17-19,31H,9-10,12-13,16H2,1-5H3,(H,29,30,32). The van der Waals surface area contributed by atoms with Crippen molar-refractivity contribution in [3.8, 4) is 11.3 Å². The number of aromatic amines is 2. The topological polar surface area (TPSA) is 80.9 Å². The summed E-state index contributed by atoms with van der Waals surface area (Å²) in [6.45, 7) is 10.9. The van der Waals surface area contributed by atoms with Crippen LogP contribution in [0.15, 0.2) is 36.7 Å². The maximum atomic E-state index is 12.7. The van der Waals surface area contributed by atoms with Crippen LogP contribution in [-0.4, -0.2) is 68.6 Å². The normalized spacial score (nSPS) is 15.4. The molecule has 5 rings (SSSR count). The van der Waals surface area contributed by atoms with Gasteiger partial charge in [0, 0.05) is 47.2 Å². The maximum absolute atomic E-state index is 12.7. The summed E-state index contributed by atoms with van der Waals surface area (Å²) in [5.74, 6) is 1.09. The number of amides is 1. The largest absolute Gasteiger partial charge is 0.354 e. The monoisotopic (exact) mass is 472 g/mol. The second kappa shape index (κ2) is 9.46. The molecule has 4 heterocycles. The summed E-state index contributed by atoms with van der Waals surface area (Å²) in [6, 6.07) is 9.32. The van der Waals surface area contributed by atoms with Crippen molar-refractivity contribution in [1.82, 2.24) is 30.0 Å².